The number of nitrogens with one attached hydrogen (secondary N) is 1. The number of methoxy groups -OCH3 is 1. The van der Waals surface area contributed by atoms with Gasteiger partial charge in [0.25, 0.3) is 0 Å². The Labute approximate surface area is 265 Å². The monoisotopic (exact) mass is 703 g/mol. The number of ether oxygens (including phenoxy) is 1. The van der Waals surface area contributed by atoms with E-state index in [0.717, 1.165) is 39.7 Å². The Morgan fingerprint density at radius 3 is 2.32 bits per heavy atom. The topological polar surface area (TPSA) is 97.7 Å². The molecule has 3 unspecified atom stereocenters. The van der Waals surface area contributed by atoms with Crippen LogP contribution >= 0.6 is 39.0 Å². The molecule has 44 heavy (non-hydrogen) atoms. The molecule has 6 rings (SSSR count). The number of amides is 3. The number of carbonyl (C=O) groups is 3. The summed E-state index contributed by atoms with van der Waals surface area (Å²) >= 11 is 5.16. The van der Waals surface area contributed by atoms with Crippen molar-refractivity contribution in [2.75, 3.05) is 17.3 Å². The van der Waals surface area contributed by atoms with Gasteiger partial charge in [-0.05, 0) is 54.1 Å². The molecule has 1 N–H and O–H groups in total. The molecule has 0 radical (unpaired) electrons. The zero-order valence-corrected chi connectivity index (χ0v) is 25.9. The van der Waals surface area contributed by atoms with Crippen molar-refractivity contribution in [3.05, 3.63) is 103 Å². The third-order valence-corrected chi connectivity index (χ3v) is 10.5. The first kappa shape index (κ1) is 30.2. The third-order valence-electron chi connectivity index (χ3n) is 7.40. The van der Waals surface area contributed by atoms with Crippen molar-refractivity contribution in [3.63, 3.8) is 0 Å². The number of carbonyl (C=O) groups excluding carboxylic acids is 3. The van der Waals surface area contributed by atoms with Crippen molar-refractivity contribution in [1.29, 1.82) is 0 Å². The molecule has 0 aliphatic carbocycles. The van der Waals surface area contributed by atoms with E-state index in [0.29, 0.717) is 31.8 Å². The van der Waals surface area contributed by atoms with Gasteiger partial charge in [0, 0.05) is 21.0 Å². The maximum absolute atomic E-state index is 14.0. The number of thiazole rings is 1. The number of rotatable bonds is 6. The standard InChI is InChI=1S/C30H21BrF3N3O5S2/c1-42-18-12-10-17(11-13-18)35-21(38)14-36-28-25(44-29(36)41)22(15-6-8-16(31)9-7-15)23-24(43-28)27(40)37(26(23)39)20-5-3-2-4-19(20)30(32,33)34/h2-13,22-24H,14H2,1H3,(H,35,38). The van der Waals surface area contributed by atoms with Crippen molar-refractivity contribution in [2.24, 2.45) is 5.92 Å². The molecule has 3 atom stereocenters. The van der Waals surface area contributed by atoms with Gasteiger partial charge in [-0.25, -0.2) is 4.90 Å². The molecule has 14 heteroatoms. The SMILES string of the molecule is COc1ccc(NC(=O)Cn2c3c(sc2=O)C(c2ccc(Br)cc2)C2C(=O)N(c4ccccc4C(F)(F)F)C(=O)C2S3)cc1. The van der Waals surface area contributed by atoms with E-state index >= 15 is 0 Å². The Hall–Kier alpha value is -3.88. The first-order valence-electron chi connectivity index (χ1n) is 13.1. The molecule has 1 saturated heterocycles. The lowest BCUT2D eigenvalue weighted by Crippen LogP contribution is -2.33. The minimum absolute atomic E-state index is 0.325. The molecule has 8 nitrogen and oxygen atoms in total. The molecular weight excluding hydrogens is 683 g/mol. The Balaban J connectivity index is 1.41. The fourth-order valence-corrected chi connectivity index (χ4v) is 8.49. The molecule has 0 bridgehead atoms. The third kappa shape index (κ3) is 5.35. The van der Waals surface area contributed by atoms with Crippen molar-refractivity contribution < 1.29 is 32.3 Å². The van der Waals surface area contributed by atoms with Crippen LogP contribution in [0.1, 0.15) is 21.9 Å². The molecule has 2 aliphatic heterocycles. The van der Waals surface area contributed by atoms with Crippen LogP contribution in [0, 0.1) is 5.92 Å². The van der Waals surface area contributed by atoms with E-state index < -0.39 is 57.1 Å². The summed E-state index contributed by atoms with van der Waals surface area (Å²) in [5.41, 5.74) is -0.566. The van der Waals surface area contributed by atoms with Crippen molar-refractivity contribution in [2.45, 2.75) is 28.9 Å². The molecule has 0 spiro atoms. The second kappa shape index (κ2) is 11.6. The molecule has 2 aliphatic rings. The number of anilines is 2. The molecule has 0 saturated carbocycles. The zero-order valence-electron chi connectivity index (χ0n) is 22.6. The second-order valence-corrected chi connectivity index (χ2v) is 13.1. The van der Waals surface area contributed by atoms with Crippen molar-refractivity contribution >= 4 is 68.1 Å². The zero-order chi connectivity index (χ0) is 31.3. The van der Waals surface area contributed by atoms with Gasteiger partial charge in [-0.15, -0.1) is 0 Å². The maximum atomic E-state index is 14.0. The Morgan fingerprint density at radius 1 is 0.977 bits per heavy atom. The maximum Gasteiger partial charge on any atom is 0.418 e. The fraction of sp³-hybridized carbons (Fsp3) is 0.200. The predicted molar refractivity (Wildman–Crippen MR) is 163 cm³/mol. The largest absolute Gasteiger partial charge is 0.497 e. The molecule has 3 amide bonds. The number of imide groups is 1. The van der Waals surface area contributed by atoms with Crippen LogP contribution in [0.2, 0.25) is 0 Å². The van der Waals surface area contributed by atoms with Gasteiger partial charge >= 0.3 is 11.0 Å². The summed E-state index contributed by atoms with van der Waals surface area (Å²) in [6, 6.07) is 18.0. The highest BCUT2D eigenvalue weighted by atomic mass is 79.9. The van der Waals surface area contributed by atoms with Gasteiger partial charge < -0.3 is 10.1 Å². The molecule has 4 aromatic rings. The fourth-order valence-electron chi connectivity index (χ4n) is 5.45. The molecule has 1 fully saturated rings. The first-order valence-corrected chi connectivity index (χ1v) is 15.6. The van der Waals surface area contributed by atoms with E-state index in [2.05, 4.69) is 21.2 Å². The van der Waals surface area contributed by atoms with Crippen LogP contribution in [0.3, 0.4) is 0 Å². The van der Waals surface area contributed by atoms with Crippen LogP contribution in [-0.2, 0) is 27.1 Å². The average molecular weight is 705 g/mol. The molecule has 226 valence electrons. The van der Waals surface area contributed by atoms with Crippen molar-refractivity contribution in [1.82, 2.24) is 4.57 Å². The van der Waals surface area contributed by atoms with Gasteiger partial charge in [0.1, 0.15) is 17.5 Å². The summed E-state index contributed by atoms with van der Waals surface area (Å²) in [6.45, 7) is -0.378. The van der Waals surface area contributed by atoms with Gasteiger partial charge in [-0.3, -0.25) is 23.7 Å². The quantitative estimate of drug-likeness (QED) is 0.243. The number of alkyl halides is 3. The summed E-state index contributed by atoms with van der Waals surface area (Å²) in [5.74, 6) is -3.40. The van der Waals surface area contributed by atoms with Gasteiger partial charge in [0.2, 0.25) is 17.7 Å². The summed E-state index contributed by atoms with van der Waals surface area (Å²) in [6.07, 6.45) is -4.81. The van der Waals surface area contributed by atoms with Gasteiger partial charge in [-0.2, -0.15) is 13.2 Å². The number of thioether (sulfide) groups is 1. The van der Waals surface area contributed by atoms with E-state index in [1.165, 1.54) is 23.8 Å². The summed E-state index contributed by atoms with van der Waals surface area (Å²) in [5, 5.41) is 1.92. The lowest BCUT2D eigenvalue weighted by atomic mass is 9.83. The van der Waals surface area contributed by atoms with Gasteiger partial charge in [-0.1, -0.05) is 63.3 Å². The Morgan fingerprint density at radius 2 is 1.66 bits per heavy atom. The number of aromatic nitrogens is 1. The van der Waals surface area contributed by atoms with Gasteiger partial charge in [0.05, 0.1) is 29.3 Å². The van der Waals surface area contributed by atoms with Crippen LogP contribution in [0.15, 0.2) is 87.1 Å². The molecule has 3 heterocycles. The summed E-state index contributed by atoms with van der Waals surface area (Å²) in [4.78, 5) is 54.7. The van der Waals surface area contributed by atoms with E-state index in [1.807, 2.05) is 0 Å². The van der Waals surface area contributed by atoms with E-state index in [4.69, 9.17) is 4.74 Å². The lowest BCUT2D eigenvalue weighted by molar-refractivity contribution is -0.137. The average Bonchev–Trinajstić information content (AvgIpc) is 3.43. The normalized spacial score (nSPS) is 19.5. The predicted octanol–water partition coefficient (Wildman–Crippen LogP) is 6.13. The summed E-state index contributed by atoms with van der Waals surface area (Å²) in [7, 11) is 1.51. The number of hydrogen-bond donors (Lipinski definition) is 1. The number of nitrogens with zero attached hydrogens (tertiary/aromatic N) is 2. The highest BCUT2D eigenvalue weighted by Gasteiger charge is 2.57. The highest BCUT2D eigenvalue weighted by molar-refractivity contribution is 9.10. The van der Waals surface area contributed by atoms with Crippen LogP contribution in [-0.4, -0.2) is 34.6 Å². The summed E-state index contributed by atoms with van der Waals surface area (Å²) < 4.78 is 49.0. The Kier molecular flexibility index (Phi) is 7.92. The lowest BCUT2D eigenvalue weighted by Gasteiger charge is -2.30. The second-order valence-electron chi connectivity index (χ2n) is 10.0. The highest BCUT2D eigenvalue weighted by Crippen LogP contribution is 2.54. The number of para-hydroxylation sites is 1. The van der Waals surface area contributed by atoms with E-state index in [9.17, 15) is 32.3 Å². The van der Waals surface area contributed by atoms with Crippen LogP contribution in [0.25, 0.3) is 0 Å². The Bertz CT molecular complexity index is 1840. The minimum Gasteiger partial charge on any atom is -0.497 e. The van der Waals surface area contributed by atoms with E-state index in [1.54, 1.807) is 48.5 Å². The molecule has 3 aromatic carbocycles. The van der Waals surface area contributed by atoms with Crippen LogP contribution < -0.4 is 19.8 Å². The number of fused-ring (bicyclic) bond motifs is 2. The minimum atomic E-state index is -4.81. The number of hydrogen-bond acceptors (Lipinski definition) is 7. The number of halogens is 4. The molecule has 1 aromatic heterocycles. The molecular formula is C30H21BrF3N3O5S2. The van der Waals surface area contributed by atoms with E-state index in [-0.39, 0.29) is 6.54 Å². The smallest absolute Gasteiger partial charge is 0.418 e. The number of benzene rings is 3. The van der Waals surface area contributed by atoms with Gasteiger partial charge in [0.15, 0.2) is 0 Å². The van der Waals surface area contributed by atoms with Crippen LogP contribution in [0.5, 0.6) is 5.75 Å². The van der Waals surface area contributed by atoms with Crippen molar-refractivity contribution in [3.8, 4) is 5.75 Å². The first-order chi connectivity index (χ1) is 21.0. The van der Waals surface area contributed by atoms with Crippen LogP contribution in [0.4, 0.5) is 24.5 Å².